The van der Waals surface area contributed by atoms with Gasteiger partial charge in [-0.05, 0) is 38.1 Å². The van der Waals surface area contributed by atoms with Gasteiger partial charge in [0, 0.05) is 22.9 Å². The van der Waals surface area contributed by atoms with Crippen molar-refractivity contribution in [2.24, 2.45) is 5.92 Å². The summed E-state index contributed by atoms with van der Waals surface area (Å²) in [6.07, 6.45) is -3.49. The summed E-state index contributed by atoms with van der Waals surface area (Å²) in [6, 6.07) is 3.34. The van der Waals surface area contributed by atoms with Crippen LogP contribution in [0, 0.1) is 5.92 Å². The third-order valence-electron chi connectivity index (χ3n) is 8.85. The first kappa shape index (κ1) is 23.7. The van der Waals surface area contributed by atoms with Crippen molar-refractivity contribution >= 4 is 11.9 Å². The highest BCUT2D eigenvalue weighted by Crippen LogP contribution is 2.62. The summed E-state index contributed by atoms with van der Waals surface area (Å²) in [6.45, 7) is 0.850. The lowest BCUT2D eigenvalue weighted by molar-refractivity contribution is -0.228. The van der Waals surface area contributed by atoms with Gasteiger partial charge >= 0.3 is 5.97 Å². The van der Waals surface area contributed by atoms with Crippen LogP contribution in [0.5, 0.6) is 11.5 Å². The number of aromatic hydroxyl groups is 1. The van der Waals surface area contributed by atoms with Gasteiger partial charge in [-0.3, -0.25) is 4.79 Å². The molecular formula is C25H30N2O9. The van der Waals surface area contributed by atoms with Crippen molar-refractivity contribution in [2.45, 2.75) is 73.4 Å². The van der Waals surface area contributed by atoms with E-state index in [-0.39, 0.29) is 17.7 Å². The first-order valence-electron chi connectivity index (χ1n) is 12.3. The lowest BCUT2D eigenvalue weighted by atomic mass is 9.53. The minimum absolute atomic E-state index is 0.0738. The molecule has 10 atom stereocenters. The number of piperidine rings is 1. The zero-order valence-electron chi connectivity index (χ0n) is 19.7. The Labute approximate surface area is 206 Å². The SMILES string of the molecule is CN1CCC23c4c5ccc(O)c4OC2C(NC(=O)CC2O[C@@H](C(=O)O)[C@H](O)[C@@H](O)[C@@H]2O)C=CC3C1C5. The van der Waals surface area contributed by atoms with Crippen LogP contribution in [0.25, 0.3) is 0 Å². The van der Waals surface area contributed by atoms with Gasteiger partial charge in [-0.1, -0.05) is 18.2 Å². The first-order chi connectivity index (χ1) is 17.1. The predicted molar refractivity (Wildman–Crippen MR) is 122 cm³/mol. The highest BCUT2D eigenvalue weighted by atomic mass is 16.6. The number of carbonyl (C=O) groups excluding carboxylic acids is 1. The second-order valence-electron chi connectivity index (χ2n) is 10.6. The summed E-state index contributed by atoms with van der Waals surface area (Å²) < 4.78 is 11.6. The second kappa shape index (κ2) is 8.15. The van der Waals surface area contributed by atoms with E-state index < -0.39 is 66.4 Å². The number of amides is 1. The number of phenols is 1. The fourth-order valence-electron chi connectivity index (χ4n) is 7.14. The molecule has 1 spiro atoms. The van der Waals surface area contributed by atoms with Crippen LogP contribution in [0.2, 0.25) is 0 Å². The molecule has 2 aliphatic carbocycles. The maximum Gasteiger partial charge on any atom is 0.335 e. The summed E-state index contributed by atoms with van der Waals surface area (Å²) in [5, 5.41) is 53.1. The van der Waals surface area contributed by atoms with Gasteiger partial charge in [0.2, 0.25) is 5.91 Å². The minimum Gasteiger partial charge on any atom is -0.504 e. The fourth-order valence-corrected chi connectivity index (χ4v) is 7.14. The van der Waals surface area contributed by atoms with E-state index in [4.69, 9.17) is 9.47 Å². The van der Waals surface area contributed by atoms with E-state index >= 15 is 0 Å². The Kier molecular flexibility index (Phi) is 5.36. The van der Waals surface area contributed by atoms with Crippen molar-refractivity contribution in [3.05, 3.63) is 35.4 Å². The van der Waals surface area contributed by atoms with Crippen LogP contribution in [-0.4, -0.2) is 105 Å². The number of aliphatic hydroxyl groups excluding tert-OH is 3. The molecule has 6 unspecified atom stereocenters. The van der Waals surface area contributed by atoms with Crippen LogP contribution < -0.4 is 10.1 Å². The minimum atomic E-state index is -1.81. The monoisotopic (exact) mass is 502 g/mol. The van der Waals surface area contributed by atoms with Crippen molar-refractivity contribution in [3.8, 4) is 11.5 Å². The average molecular weight is 503 g/mol. The molecule has 2 bridgehead atoms. The molecule has 0 saturated carbocycles. The van der Waals surface area contributed by atoms with Gasteiger partial charge in [0.1, 0.15) is 24.4 Å². The average Bonchev–Trinajstić information content (AvgIpc) is 3.19. The number of likely N-dealkylation sites (tertiary alicyclic amines) is 1. The molecular weight excluding hydrogens is 472 g/mol. The van der Waals surface area contributed by atoms with E-state index in [1.165, 1.54) is 0 Å². The summed E-state index contributed by atoms with van der Waals surface area (Å²) >= 11 is 0. The molecule has 3 aliphatic heterocycles. The molecule has 5 aliphatic rings. The topological polar surface area (TPSA) is 169 Å². The zero-order chi connectivity index (χ0) is 25.5. The molecule has 36 heavy (non-hydrogen) atoms. The first-order valence-corrected chi connectivity index (χ1v) is 12.3. The Balaban J connectivity index is 1.26. The summed E-state index contributed by atoms with van der Waals surface area (Å²) in [5.41, 5.74) is 1.77. The van der Waals surface area contributed by atoms with Gasteiger partial charge < -0.3 is 45.2 Å². The number of likely N-dealkylation sites (N-methyl/N-ethyl adjacent to an activating group) is 1. The Bertz CT molecular complexity index is 1140. The van der Waals surface area contributed by atoms with Crippen LogP contribution in [0.1, 0.15) is 24.0 Å². The number of carboxylic acids is 1. The smallest absolute Gasteiger partial charge is 0.335 e. The van der Waals surface area contributed by atoms with Crippen molar-refractivity contribution in [2.75, 3.05) is 13.6 Å². The molecule has 1 aromatic carbocycles. The second-order valence-corrected chi connectivity index (χ2v) is 10.6. The number of carbonyl (C=O) groups is 2. The number of phenolic OH excluding ortho intramolecular Hbond substituents is 1. The number of ether oxygens (including phenoxy) is 2. The number of nitrogens with one attached hydrogen (secondary N) is 1. The highest BCUT2D eigenvalue weighted by molar-refractivity contribution is 5.78. The van der Waals surface area contributed by atoms with E-state index in [2.05, 4.69) is 23.3 Å². The number of hydrogen-bond acceptors (Lipinski definition) is 9. The van der Waals surface area contributed by atoms with E-state index in [0.717, 1.165) is 30.5 Å². The van der Waals surface area contributed by atoms with Crippen LogP contribution in [-0.2, 0) is 26.2 Å². The third kappa shape index (κ3) is 3.16. The number of rotatable bonds is 4. The molecule has 1 amide bonds. The van der Waals surface area contributed by atoms with Crippen LogP contribution >= 0.6 is 0 Å². The number of nitrogens with zero attached hydrogens (tertiary/aromatic N) is 1. The molecule has 2 saturated heterocycles. The van der Waals surface area contributed by atoms with Gasteiger partial charge in [-0.2, -0.15) is 0 Å². The Hall–Kier alpha value is -2.70. The van der Waals surface area contributed by atoms with Gasteiger partial charge in [-0.15, -0.1) is 0 Å². The molecule has 3 heterocycles. The number of hydrogen-bond donors (Lipinski definition) is 6. The molecule has 0 aromatic heterocycles. The zero-order valence-corrected chi connectivity index (χ0v) is 19.7. The summed E-state index contributed by atoms with van der Waals surface area (Å²) in [5.74, 6) is -1.33. The van der Waals surface area contributed by atoms with Gasteiger partial charge in [0.15, 0.2) is 17.6 Å². The van der Waals surface area contributed by atoms with Crippen molar-refractivity contribution < 1.29 is 44.6 Å². The highest BCUT2D eigenvalue weighted by Gasteiger charge is 2.64. The number of benzene rings is 1. The van der Waals surface area contributed by atoms with Crippen molar-refractivity contribution in [1.82, 2.24) is 10.2 Å². The van der Waals surface area contributed by atoms with Gasteiger partial charge in [0.25, 0.3) is 0 Å². The molecule has 0 radical (unpaired) electrons. The molecule has 194 valence electrons. The predicted octanol–water partition coefficient (Wildman–Crippen LogP) is -1.35. The van der Waals surface area contributed by atoms with Crippen LogP contribution in [0.4, 0.5) is 0 Å². The van der Waals surface area contributed by atoms with Crippen molar-refractivity contribution in [3.63, 3.8) is 0 Å². The lowest BCUT2D eigenvalue weighted by Crippen LogP contribution is -2.67. The normalized spacial score (nSPS) is 42.4. The number of carboxylic acid groups (broad SMARTS) is 1. The molecule has 6 N–H and O–H groups in total. The van der Waals surface area contributed by atoms with E-state index in [9.17, 15) is 35.1 Å². The van der Waals surface area contributed by atoms with E-state index in [1.807, 2.05) is 12.1 Å². The Morgan fingerprint density at radius 3 is 2.69 bits per heavy atom. The standard InChI is InChI=1S/C25H30N2O9/c1-27-7-6-25-11-3-4-12(23(25)36-21-14(28)5-2-10(17(21)25)8-13(11)27)26-16(29)9-15-18(30)19(31)20(32)22(35-15)24(33)34/h2-5,11-13,15,18-20,22-23,28,30-32H,6-9H2,1H3,(H,26,29)(H,33,34)/t11?,12?,13?,15?,18-,19+,20-,22-,23?,25?/m1/s1. The Morgan fingerprint density at radius 2 is 1.94 bits per heavy atom. The summed E-state index contributed by atoms with van der Waals surface area (Å²) in [4.78, 5) is 26.8. The number of aliphatic carboxylic acids is 1. The molecule has 1 aromatic rings. The number of aliphatic hydroxyl groups is 3. The maximum atomic E-state index is 13.1. The largest absolute Gasteiger partial charge is 0.504 e. The third-order valence-corrected chi connectivity index (χ3v) is 8.85. The molecule has 11 heteroatoms. The van der Waals surface area contributed by atoms with Crippen LogP contribution in [0.3, 0.4) is 0 Å². The summed E-state index contributed by atoms with van der Waals surface area (Å²) in [7, 11) is 2.11. The van der Waals surface area contributed by atoms with Gasteiger partial charge in [-0.25, -0.2) is 4.79 Å². The van der Waals surface area contributed by atoms with Crippen molar-refractivity contribution in [1.29, 1.82) is 0 Å². The maximum absolute atomic E-state index is 13.1. The quantitative estimate of drug-likeness (QED) is 0.271. The Morgan fingerprint density at radius 1 is 1.17 bits per heavy atom. The fraction of sp³-hybridized carbons (Fsp3) is 0.600. The van der Waals surface area contributed by atoms with E-state index in [0.29, 0.717) is 5.75 Å². The molecule has 11 nitrogen and oxygen atoms in total. The molecule has 6 rings (SSSR count). The van der Waals surface area contributed by atoms with E-state index in [1.54, 1.807) is 6.07 Å². The molecule has 2 fully saturated rings. The van der Waals surface area contributed by atoms with Crippen LogP contribution in [0.15, 0.2) is 24.3 Å². The lowest BCUT2D eigenvalue weighted by Gasteiger charge is -2.57. The van der Waals surface area contributed by atoms with Gasteiger partial charge in [0.05, 0.1) is 18.6 Å².